The highest BCUT2D eigenvalue weighted by Gasteiger charge is 2.16. The average Bonchev–Trinajstić information content (AvgIpc) is 2.19. The second kappa shape index (κ2) is 5.24. The monoisotopic (exact) mass is 207 g/mol. The van der Waals surface area contributed by atoms with Crippen LogP contribution < -0.4 is 11.1 Å². The van der Waals surface area contributed by atoms with Gasteiger partial charge in [0.05, 0.1) is 5.69 Å². The predicted molar refractivity (Wildman–Crippen MR) is 63.5 cm³/mol. The molecule has 3 heteroatoms. The Balaban J connectivity index is 2.58. The maximum atomic E-state index is 5.97. The number of pyridine rings is 1. The standard InChI is InChI=1S/C12H21N3/c1-12(2,13)8-7-10(14-3)11-6-4-5-9-15-11/h4-6,9-10,14H,7-8,13H2,1-3H3. The molecule has 0 amide bonds. The van der Waals surface area contributed by atoms with Crippen LogP contribution in [0.25, 0.3) is 0 Å². The van der Waals surface area contributed by atoms with E-state index < -0.39 is 0 Å². The van der Waals surface area contributed by atoms with Gasteiger partial charge in [-0.15, -0.1) is 0 Å². The van der Waals surface area contributed by atoms with E-state index in [-0.39, 0.29) is 5.54 Å². The third-order valence-electron chi connectivity index (χ3n) is 2.47. The highest BCUT2D eigenvalue weighted by molar-refractivity contribution is 5.08. The molecule has 0 aromatic carbocycles. The SMILES string of the molecule is CNC(CCC(C)(C)N)c1ccccn1. The summed E-state index contributed by atoms with van der Waals surface area (Å²) >= 11 is 0. The van der Waals surface area contributed by atoms with Gasteiger partial charge in [-0.3, -0.25) is 4.98 Å². The van der Waals surface area contributed by atoms with Crippen LogP contribution in [-0.2, 0) is 0 Å². The molecule has 0 spiro atoms. The summed E-state index contributed by atoms with van der Waals surface area (Å²) in [7, 11) is 1.96. The minimum absolute atomic E-state index is 0.107. The van der Waals surface area contributed by atoms with Gasteiger partial charge in [0.2, 0.25) is 0 Å². The molecule has 0 bridgehead atoms. The molecule has 0 saturated heterocycles. The molecule has 1 heterocycles. The Bertz CT molecular complexity index is 277. The van der Waals surface area contributed by atoms with Crippen molar-refractivity contribution in [2.24, 2.45) is 5.73 Å². The second-order valence-electron chi connectivity index (χ2n) is 4.62. The molecule has 1 atom stereocenters. The zero-order valence-electron chi connectivity index (χ0n) is 9.83. The van der Waals surface area contributed by atoms with E-state index in [9.17, 15) is 0 Å². The van der Waals surface area contributed by atoms with Crippen molar-refractivity contribution in [3.05, 3.63) is 30.1 Å². The van der Waals surface area contributed by atoms with E-state index in [4.69, 9.17) is 5.73 Å². The first-order valence-corrected chi connectivity index (χ1v) is 5.40. The zero-order chi connectivity index (χ0) is 11.3. The second-order valence-corrected chi connectivity index (χ2v) is 4.62. The number of hydrogen-bond donors (Lipinski definition) is 2. The van der Waals surface area contributed by atoms with Crippen LogP contribution in [0.15, 0.2) is 24.4 Å². The molecule has 0 aliphatic carbocycles. The molecular weight excluding hydrogens is 186 g/mol. The van der Waals surface area contributed by atoms with Gasteiger partial charge in [0, 0.05) is 17.8 Å². The maximum Gasteiger partial charge on any atom is 0.0573 e. The Morgan fingerprint density at radius 1 is 1.47 bits per heavy atom. The van der Waals surface area contributed by atoms with Gasteiger partial charge in [-0.2, -0.15) is 0 Å². The molecular formula is C12H21N3. The van der Waals surface area contributed by atoms with Crippen molar-refractivity contribution in [1.29, 1.82) is 0 Å². The summed E-state index contributed by atoms with van der Waals surface area (Å²) in [6, 6.07) is 6.29. The van der Waals surface area contributed by atoms with E-state index in [0.717, 1.165) is 18.5 Å². The first kappa shape index (κ1) is 12.1. The van der Waals surface area contributed by atoms with Crippen LogP contribution in [0.5, 0.6) is 0 Å². The van der Waals surface area contributed by atoms with E-state index in [1.54, 1.807) is 0 Å². The fourth-order valence-electron chi connectivity index (χ4n) is 1.54. The van der Waals surface area contributed by atoms with Gasteiger partial charge in [-0.05, 0) is 45.9 Å². The number of nitrogens with two attached hydrogens (primary N) is 1. The van der Waals surface area contributed by atoms with Crippen LogP contribution in [0, 0.1) is 0 Å². The minimum Gasteiger partial charge on any atom is -0.326 e. The summed E-state index contributed by atoms with van der Waals surface area (Å²) < 4.78 is 0. The third kappa shape index (κ3) is 4.40. The smallest absolute Gasteiger partial charge is 0.0573 e. The molecule has 3 nitrogen and oxygen atoms in total. The Morgan fingerprint density at radius 2 is 2.20 bits per heavy atom. The van der Waals surface area contributed by atoms with Crippen LogP contribution in [0.4, 0.5) is 0 Å². The molecule has 0 radical (unpaired) electrons. The van der Waals surface area contributed by atoms with Crippen molar-refractivity contribution in [2.45, 2.75) is 38.3 Å². The molecule has 0 aliphatic rings. The summed E-state index contributed by atoms with van der Waals surface area (Å²) in [4.78, 5) is 4.35. The molecule has 0 saturated carbocycles. The summed E-state index contributed by atoms with van der Waals surface area (Å²) in [5.41, 5.74) is 6.95. The summed E-state index contributed by atoms with van der Waals surface area (Å²) in [5.74, 6) is 0. The van der Waals surface area contributed by atoms with Gasteiger partial charge in [0.15, 0.2) is 0 Å². The van der Waals surface area contributed by atoms with Gasteiger partial charge in [0.25, 0.3) is 0 Å². The topological polar surface area (TPSA) is 50.9 Å². The molecule has 15 heavy (non-hydrogen) atoms. The number of nitrogens with zero attached hydrogens (tertiary/aromatic N) is 1. The first-order chi connectivity index (χ1) is 7.03. The van der Waals surface area contributed by atoms with Crippen molar-refractivity contribution in [2.75, 3.05) is 7.05 Å². The fraction of sp³-hybridized carbons (Fsp3) is 0.583. The van der Waals surface area contributed by atoms with Crippen LogP contribution in [0.1, 0.15) is 38.4 Å². The highest BCUT2D eigenvalue weighted by atomic mass is 14.9. The van der Waals surface area contributed by atoms with Crippen molar-refractivity contribution in [3.63, 3.8) is 0 Å². The zero-order valence-corrected chi connectivity index (χ0v) is 9.83. The van der Waals surface area contributed by atoms with E-state index in [0.29, 0.717) is 6.04 Å². The van der Waals surface area contributed by atoms with Crippen molar-refractivity contribution in [3.8, 4) is 0 Å². The number of aromatic nitrogens is 1. The lowest BCUT2D eigenvalue weighted by Gasteiger charge is -2.22. The highest BCUT2D eigenvalue weighted by Crippen LogP contribution is 2.19. The molecule has 1 unspecified atom stereocenters. The van der Waals surface area contributed by atoms with E-state index in [2.05, 4.69) is 24.1 Å². The fourth-order valence-corrected chi connectivity index (χ4v) is 1.54. The average molecular weight is 207 g/mol. The van der Waals surface area contributed by atoms with Crippen LogP contribution in [0.3, 0.4) is 0 Å². The Hall–Kier alpha value is -0.930. The Kier molecular flexibility index (Phi) is 4.24. The van der Waals surface area contributed by atoms with Gasteiger partial charge >= 0.3 is 0 Å². The predicted octanol–water partition coefficient (Wildman–Crippen LogP) is 1.86. The van der Waals surface area contributed by atoms with Crippen LogP contribution in [-0.4, -0.2) is 17.6 Å². The molecule has 0 fully saturated rings. The lowest BCUT2D eigenvalue weighted by molar-refractivity contribution is 0.407. The van der Waals surface area contributed by atoms with E-state index in [1.165, 1.54) is 0 Å². The van der Waals surface area contributed by atoms with Gasteiger partial charge < -0.3 is 11.1 Å². The largest absolute Gasteiger partial charge is 0.326 e. The molecule has 3 N–H and O–H groups in total. The third-order valence-corrected chi connectivity index (χ3v) is 2.47. The molecule has 1 rings (SSSR count). The van der Waals surface area contributed by atoms with Crippen molar-refractivity contribution in [1.82, 2.24) is 10.3 Å². The van der Waals surface area contributed by atoms with E-state index in [1.807, 2.05) is 31.4 Å². The summed E-state index contributed by atoms with van der Waals surface area (Å²) in [6.07, 6.45) is 3.82. The quantitative estimate of drug-likeness (QED) is 0.775. The lowest BCUT2D eigenvalue weighted by atomic mass is 9.95. The Morgan fingerprint density at radius 3 is 2.67 bits per heavy atom. The van der Waals surface area contributed by atoms with Gasteiger partial charge in [-0.25, -0.2) is 0 Å². The van der Waals surface area contributed by atoms with Crippen LogP contribution >= 0.6 is 0 Å². The van der Waals surface area contributed by atoms with Crippen molar-refractivity contribution >= 4 is 0 Å². The summed E-state index contributed by atoms with van der Waals surface area (Å²) in [6.45, 7) is 4.11. The van der Waals surface area contributed by atoms with Crippen LogP contribution in [0.2, 0.25) is 0 Å². The maximum absolute atomic E-state index is 5.97. The van der Waals surface area contributed by atoms with Crippen molar-refractivity contribution < 1.29 is 0 Å². The lowest BCUT2D eigenvalue weighted by Crippen LogP contribution is -2.33. The number of hydrogen-bond acceptors (Lipinski definition) is 3. The number of rotatable bonds is 5. The molecule has 1 aromatic heterocycles. The normalized spacial score (nSPS) is 13.9. The molecule has 0 aliphatic heterocycles. The molecule has 1 aromatic rings. The van der Waals surface area contributed by atoms with Gasteiger partial charge in [-0.1, -0.05) is 6.07 Å². The Labute approximate surface area is 92.1 Å². The minimum atomic E-state index is -0.107. The molecule has 84 valence electrons. The number of nitrogens with one attached hydrogen (secondary N) is 1. The van der Waals surface area contributed by atoms with E-state index >= 15 is 0 Å². The van der Waals surface area contributed by atoms with Gasteiger partial charge in [0.1, 0.15) is 0 Å². The summed E-state index contributed by atoms with van der Waals surface area (Å²) in [5, 5.41) is 3.27. The first-order valence-electron chi connectivity index (χ1n) is 5.40.